The maximum atomic E-state index is 12.4. The van der Waals surface area contributed by atoms with E-state index in [1.165, 1.54) is 6.07 Å². The quantitative estimate of drug-likeness (QED) is 0.811. The van der Waals surface area contributed by atoms with Crippen molar-refractivity contribution in [2.24, 2.45) is 5.73 Å². The van der Waals surface area contributed by atoms with Crippen LogP contribution in [-0.4, -0.2) is 18.9 Å². The Kier molecular flexibility index (Phi) is 4.45. The van der Waals surface area contributed by atoms with E-state index >= 15 is 0 Å². The van der Waals surface area contributed by atoms with E-state index in [9.17, 15) is 8.42 Å². The van der Waals surface area contributed by atoms with Gasteiger partial charge in [-0.2, -0.15) is 4.72 Å². The summed E-state index contributed by atoms with van der Waals surface area (Å²) >= 11 is 17.7. The summed E-state index contributed by atoms with van der Waals surface area (Å²) in [7, 11) is -3.78. The first-order chi connectivity index (χ1) is 8.77. The van der Waals surface area contributed by atoms with Gasteiger partial charge in [0.2, 0.25) is 10.0 Å². The lowest BCUT2D eigenvalue weighted by Gasteiger charge is -2.28. The summed E-state index contributed by atoms with van der Waals surface area (Å²) in [6.45, 7) is 0. The standard InChI is InChI=1S/C10H12Cl2N2O2S3/c11-7-5-6(8(12)18-7)19(15,16)14-10(9(13)17)3-1-2-4-10/h5,14H,1-4H2,(H2,13,17). The van der Waals surface area contributed by atoms with E-state index in [0.717, 1.165) is 24.2 Å². The van der Waals surface area contributed by atoms with Crippen molar-refractivity contribution in [2.75, 3.05) is 0 Å². The average Bonchev–Trinajstić information content (AvgIpc) is 2.86. The zero-order valence-electron chi connectivity index (χ0n) is 9.78. The van der Waals surface area contributed by atoms with Gasteiger partial charge in [-0.1, -0.05) is 48.3 Å². The van der Waals surface area contributed by atoms with Crippen molar-refractivity contribution in [3.63, 3.8) is 0 Å². The predicted octanol–water partition coefficient (Wildman–Crippen LogP) is 2.93. The van der Waals surface area contributed by atoms with Crippen LogP contribution in [0.15, 0.2) is 11.0 Å². The fraction of sp³-hybridized carbons (Fsp3) is 0.500. The normalized spacial score (nSPS) is 18.6. The molecule has 0 atom stereocenters. The summed E-state index contributed by atoms with van der Waals surface area (Å²) in [6.07, 6.45) is 2.99. The highest BCUT2D eigenvalue weighted by atomic mass is 35.5. The van der Waals surface area contributed by atoms with E-state index < -0.39 is 15.6 Å². The fourth-order valence-electron chi connectivity index (χ4n) is 2.20. The van der Waals surface area contributed by atoms with Crippen LogP contribution in [0.3, 0.4) is 0 Å². The molecule has 0 amide bonds. The third kappa shape index (κ3) is 3.06. The first kappa shape index (κ1) is 15.5. The van der Waals surface area contributed by atoms with Crippen molar-refractivity contribution in [2.45, 2.75) is 36.1 Å². The molecule has 1 fully saturated rings. The molecular formula is C10H12Cl2N2O2S3. The van der Waals surface area contributed by atoms with Crippen LogP contribution < -0.4 is 10.5 Å². The van der Waals surface area contributed by atoms with Gasteiger partial charge < -0.3 is 5.73 Å². The van der Waals surface area contributed by atoms with Gasteiger partial charge in [-0.15, -0.1) is 11.3 Å². The molecule has 1 aliphatic rings. The smallest absolute Gasteiger partial charge is 0.243 e. The molecule has 9 heteroatoms. The summed E-state index contributed by atoms with van der Waals surface area (Å²) in [6, 6.07) is 1.33. The van der Waals surface area contributed by atoms with Crippen molar-refractivity contribution >= 4 is 61.8 Å². The van der Waals surface area contributed by atoms with Crippen molar-refractivity contribution in [3.05, 3.63) is 14.7 Å². The topological polar surface area (TPSA) is 72.2 Å². The van der Waals surface area contributed by atoms with Crippen molar-refractivity contribution < 1.29 is 8.42 Å². The van der Waals surface area contributed by atoms with Gasteiger partial charge in [-0.05, 0) is 18.9 Å². The molecule has 3 N–H and O–H groups in total. The molecule has 0 aromatic carbocycles. The van der Waals surface area contributed by atoms with E-state index in [4.69, 9.17) is 41.2 Å². The third-order valence-electron chi connectivity index (χ3n) is 3.17. The lowest BCUT2D eigenvalue weighted by Crippen LogP contribution is -2.54. The number of hydrogen-bond acceptors (Lipinski definition) is 4. The van der Waals surface area contributed by atoms with Gasteiger partial charge in [0.1, 0.15) is 9.23 Å². The number of nitrogens with one attached hydrogen (secondary N) is 1. The Hall–Kier alpha value is 0.0800. The second-order valence-electron chi connectivity index (χ2n) is 4.45. The number of nitrogens with two attached hydrogens (primary N) is 1. The van der Waals surface area contributed by atoms with Gasteiger partial charge >= 0.3 is 0 Å². The summed E-state index contributed by atoms with van der Waals surface area (Å²) < 4.78 is 27.8. The first-order valence-electron chi connectivity index (χ1n) is 5.56. The minimum Gasteiger partial charge on any atom is -0.392 e. The summed E-state index contributed by atoms with van der Waals surface area (Å²) in [5.41, 5.74) is 4.87. The van der Waals surface area contributed by atoms with Gasteiger partial charge in [-0.3, -0.25) is 0 Å². The van der Waals surface area contributed by atoms with Gasteiger partial charge in [0.25, 0.3) is 0 Å². The lowest BCUT2D eigenvalue weighted by molar-refractivity contribution is 0.503. The van der Waals surface area contributed by atoms with Gasteiger partial charge in [0.05, 0.1) is 14.9 Å². The molecule has 0 radical (unpaired) electrons. The number of thiocarbonyl (C=S) groups is 1. The Balaban J connectivity index is 2.36. The molecule has 19 heavy (non-hydrogen) atoms. The van der Waals surface area contributed by atoms with Crippen molar-refractivity contribution in [1.82, 2.24) is 4.72 Å². The zero-order chi connectivity index (χ0) is 14.3. The Labute approximate surface area is 131 Å². The summed E-state index contributed by atoms with van der Waals surface area (Å²) in [5.74, 6) is 0. The number of thiophene rings is 1. The van der Waals surface area contributed by atoms with E-state index in [0.29, 0.717) is 17.2 Å². The largest absolute Gasteiger partial charge is 0.392 e. The molecule has 1 aromatic rings. The van der Waals surface area contributed by atoms with E-state index in [1.54, 1.807) is 0 Å². The number of sulfonamides is 1. The lowest BCUT2D eigenvalue weighted by atomic mass is 10.00. The second kappa shape index (κ2) is 5.46. The van der Waals surface area contributed by atoms with Crippen LogP contribution in [0, 0.1) is 0 Å². The first-order valence-corrected chi connectivity index (χ1v) is 9.02. The average molecular weight is 359 g/mol. The van der Waals surface area contributed by atoms with Crippen LogP contribution >= 0.6 is 46.8 Å². The predicted molar refractivity (Wildman–Crippen MR) is 82.6 cm³/mol. The number of halogens is 2. The minimum atomic E-state index is -3.78. The molecule has 0 bridgehead atoms. The Morgan fingerprint density at radius 2 is 2.00 bits per heavy atom. The minimum absolute atomic E-state index is 0.0216. The SMILES string of the molecule is NC(=S)C1(NS(=O)(=O)c2cc(Cl)sc2Cl)CCCC1. The molecule has 0 unspecified atom stereocenters. The molecule has 1 saturated carbocycles. The molecule has 0 aliphatic heterocycles. The molecular weight excluding hydrogens is 347 g/mol. The number of hydrogen-bond donors (Lipinski definition) is 2. The fourth-order valence-corrected chi connectivity index (χ4v) is 6.11. The van der Waals surface area contributed by atoms with Crippen LogP contribution in [0.1, 0.15) is 25.7 Å². The van der Waals surface area contributed by atoms with Gasteiger partial charge in [0, 0.05) is 0 Å². The summed E-state index contributed by atoms with van der Waals surface area (Å²) in [4.78, 5) is 0.151. The van der Waals surface area contributed by atoms with Crippen molar-refractivity contribution in [3.8, 4) is 0 Å². The molecule has 1 aromatic heterocycles. The highest BCUT2D eigenvalue weighted by molar-refractivity contribution is 7.90. The van der Waals surface area contributed by atoms with Crippen LogP contribution in [0.2, 0.25) is 8.67 Å². The molecule has 1 aliphatic carbocycles. The van der Waals surface area contributed by atoms with E-state index in [1.807, 2.05) is 0 Å². The van der Waals surface area contributed by atoms with E-state index in [2.05, 4.69) is 4.72 Å². The molecule has 0 saturated heterocycles. The Morgan fingerprint density at radius 3 is 2.42 bits per heavy atom. The highest BCUT2D eigenvalue weighted by Crippen LogP contribution is 2.37. The molecule has 1 heterocycles. The Bertz CT molecular complexity index is 606. The molecule has 106 valence electrons. The monoisotopic (exact) mass is 358 g/mol. The van der Waals surface area contributed by atoms with Crippen LogP contribution in [0.25, 0.3) is 0 Å². The second-order valence-corrected chi connectivity index (χ2v) is 8.82. The zero-order valence-corrected chi connectivity index (χ0v) is 13.7. The van der Waals surface area contributed by atoms with Crippen LogP contribution in [-0.2, 0) is 10.0 Å². The van der Waals surface area contributed by atoms with Crippen LogP contribution in [0.4, 0.5) is 0 Å². The summed E-state index contributed by atoms with van der Waals surface area (Å²) in [5, 5.41) is 0. The highest BCUT2D eigenvalue weighted by Gasteiger charge is 2.41. The molecule has 0 spiro atoms. The molecule has 2 rings (SSSR count). The van der Waals surface area contributed by atoms with Gasteiger partial charge in [0.15, 0.2) is 0 Å². The number of rotatable bonds is 4. The van der Waals surface area contributed by atoms with E-state index in [-0.39, 0.29) is 14.2 Å². The van der Waals surface area contributed by atoms with Crippen LogP contribution in [0.5, 0.6) is 0 Å². The van der Waals surface area contributed by atoms with Gasteiger partial charge in [-0.25, -0.2) is 8.42 Å². The maximum absolute atomic E-state index is 12.4. The Morgan fingerprint density at radius 1 is 1.42 bits per heavy atom. The third-order valence-corrected chi connectivity index (χ3v) is 6.85. The molecule has 4 nitrogen and oxygen atoms in total. The van der Waals surface area contributed by atoms with Crippen molar-refractivity contribution in [1.29, 1.82) is 0 Å². The maximum Gasteiger partial charge on any atom is 0.243 e.